The molecule has 3 heterocycles. The first kappa shape index (κ1) is 29.2. The Hall–Kier alpha value is -1.84. The first-order chi connectivity index (χ1) is 19.9. The topological polar surface area (TPSA) is 63.7 Å². The maximum atomic E-state index is 14.2. The Kier molecular flexibility index (Phi) is 9.13. The maximum absolute atomic E-state index is 14.2. The van der Waals surface area contributed by atoms with E-state index < -0.39 is 0 Å². The predicted molar refractivity (Wildman–Crippen MR) is 165 cm³/mol. The van der Waals surface area contributed by atoms with Crippen LogP contribution in [0.2, 0.25) is 20.1 Å². The Bertz CT molecular complexity index is 1450. The number of thiazole rings is 1. The number of aromatic nitrogens is 1. The lowest BCUT2D eigenvalue weighted by Crippen LogP contribution is -2.44. The van der Waals surface area contributed by atoms with Crippen LogP contribution < -0.4 is 10.1 Å². The van der Waals surface area contributed by atoms with Gasteiger partial charge in [0.2, 0.25) is 0 Å². The lowest BCUT2D eigenvalue weighted by Gasteiger charge is -2.31. The third-order valence-corrected chi connectivity index (χ3v) is 10.2. The second-order valence-electron chi connectivity index (χ2n) is 10.5. The Morgan fingerprint density at radius 2 is 1.76 bits per heavy atom. The summed E-state index contributed by atoms with van der Waals surface area (Å²) in [4.78, 5) is 21.9. The van der Waals surface area contributed by atoms with Crippen molar-refractivity contribution in [2.45, 2.75) is 63.4 Å². The zero-order chi connectivity index (χ0) is 28.5. The van der Waals surface area contributed by atoms with Crippen LogP contribution in [-0.2, 0) is 22.7 Å². The quantitative estimate of drug-likeness (QED) is 0.214. The molecule has 2 bridgehead atoms. The van der Waals surface area contributed by atoms with Crippen molar-refractivity contribution in [3.63, 3.8) is 0 Å². The van der Waals surface area contributed by atoms with Gasteiger partial charge in [-0.3, -0.25) is 4.79 Å². The zero-order valence-electron chi connectivity index (χ0n) is 22.2. The summed E-state index contributed by atoms with van der Waals surface area (Å²) < 4.78 is 11.5. The lowest BCUT2D eigenvalue weighted by atomic mass is 9.93. The fraction of sp³-hybridized carbons (Fsp3) is 0.400. The number of nitrogens with one attached hydrogen (secondary N) is 1. The summed E-state index contributed by atoms with van der Waals surface area (Å²) in [6.07, 6.45) is 6.70. The minimum absolute atomic E-state index is 0.0444. The van der Waals surface area contributed by atoms with Crippen molar-refractivity contribution in [2.75, 3.05) is 13.2 Å². The number of rotatable bonds is 11. The van der Waals surface area contributed by atoms with Crippen LogP contribution in [0.4, 0.5) is 0 Å². The largest absolute Gasteiger partial charge is 0.488 e. The van der Waals surface area contributed by atoms with E-state index in [2.05, 4.69) is 10.3 Å². The van der Waals surface area contributed by atoms with Crippen LogP contribution in [0.3, 0.4) is 0 Å². The van der Waals surface area contributed by atoms with Gasteiger partial charge in [0, 0.05) is 36.4 Å². The Balaban J connectivity index is 1.16. The van der Waals surface area contributed by atoms with E-state index in [-0.39, 0.29) is 18.0 Å². The van der Waals surface area contributed by atoms with Gasteiger partial charge in [0.1, 0.15) is 11.6 Å². The van der Waals surface area contributed by atoms with E-state index in [9.17, 15) is 4.79 Å². The molecule has 2 fully saturated rings. The highest BCUT2D eigenvalue weighted by molar-refractivity contribution is 7.12. The van der Waals surface area contributed by atoms with Gasteiger partial charge in [-0.15, -0.1) is 11.3 Å². The molecule has 0 unspecified atom stereocenters. The first-order valence-corrected chi connectivity index (χ1v) is 16.0. The summed E-state index contributed by atoms with van der Waals surface area (Å²) in [7, 11) is 0. The van der Waals surface area contributed by atoms with Crippen LogP contribution in [0.1, 0.15) is 47.6 Å². The maximum Gasteiger partial charge on any atom is 0.252 e. The molecule has 2 aromatic carbocycles. The molecule has 216 valence electrons. The van der Waals surface area contributed by atoms with Crippen molar-refractivity contribution in [3.05, 3.63) is 83.7 Å². The highest BCUT2D eigenvalue weighted by Crippen LogP contribution is 2.42. The molecular formula is C30H29Cl4N3O3S. The minimum Gasteiger partial charge on any atom is -0.488 e. The number of amides is 1. The molecule has 6 rings (SSSR count). The van der Waals surface area contributed by atoms with Crippen molar-refractivity contribution in [1.82, 2.24) is 15.2 Å². The van der Waals surface area contributed by atoms with Crippen LogP contribution >= 0.6 is 57.7 Å². The Morgan fingerprint density at radius 1 is 1.00 bits per heavy atom. The van der Waals surface area contributed by atoms with Gasteiger partial charge in [0.05, 0.1) is 38.2 Å². The van der Waals surface area contributed by atoms with Crippen LogP contribution in [0.25, 0.3) is 5.57 Å². The molecular weight excluding hydrogens is 624 g/mol. The molecule has 1 aliphatic carbocycles. The van der Waals surface area contributed by atoms with E-state index >= 15 is 0 Å². The minimum atomic E-state index is 0.0444. The molecule has 2 atom stereocenters. The molecule has 1 amide bonds. The Morgan fingerprint density at radius 3 is 2.54 bits per heavy atom. The van der Waals surface area contributed by atoms with Crippen molar-refractivity contribution >= 4 is 69.2 Å². The number of carbonyl (C=O) groups excluding carboxylic acids is 1. The fourth-order valence-electron chi connectivity index (χ4n) is 5.55. The van der Waals surface area contributed by atoms with Crippen LogP contribution in [0.15, 0.2) is 48.2 Å². The number of hydrogen-bond donors (Lipinski definition) is 1. The van der Waals surface area contributed by atoms with Gasteiger partial charge < -0.3 is 19.7 Å². The molecule has 1 saturated carbocycles. The van der Waals surface area contributed by atoms with Gasteiger partial charge in [-0.1, -0.05) is 64.6 Å². The molecule has 3 aromatic rings. The van der Waals surface area contributed by atoms with Gasteiger partial charge in [-0.25, -0.2) is 4.98 Å². The van der Waals surface area contributed by atoms with Crippen molar-refractivity contribution < 1.29 is 14.3 Å². The average molecular weight is 653 g/mol. The van der Waals surface area contributed by atoms with Gasteiger partial charge in [0.15, 0.2) is 5.75 Å². The van der Waals surface area contributed by atoms with E-state index in [0.29, 0.717) is 58.2 Å². The number of carbonyl (C=O) groups is 1. The molecule has 11 heteroatoms. The third-order valence-electron chi connectivity index (χ3n) is 7.69. The summed E-state index contributed by atoms with van der Waals surface area (Å²) in [5, 5.41) is 6.47. The van der Waals surface area contributed by atoms with Gasteiger partial charge in [-0.05, 0) is 61.4 Å². The summed E-state index contributed by atoms with van der Waals surface area (Å²) in [5.41, 5.74) is 2.84. The third kappa shape index (κ3) is 6.57. The second-order valence-corrected chi connectivity index (χ2v) is 13.3. The number of ether oxygens (including phenoxy) is 2. The van der Waals surface area contributed by atoms with Crippen LogP contribution in [0.5, 0.6) is 5.75 Å². The summed E-state index contributed by atoms with van der Waals surface area (Å²) in [6.45, 7) is 1.47. The van der Waals surface area contributed by atoms with Crippen LogP contribution in [0, 0.1) is 0 Å². The monoisotopic (exact) mass is 651 g/mol. The SMILES string of the molecule is O=C(C1=C(c2cnc(COCCOc3c(Cl)cccc3Cl)s2)C[C@@H]2CC[C@H]1N2)N(Cc1cccc(Cl)c1Cl)C1CC1. The number of para-hydroxylation sites is 1. The smallest absolute Gasteiger partial charge is 0.252 e. The normalized spacial score (nSPS) is 20.0. The van der Waals surface area contributed by atoms with Gasteiger partial charge in [-0.2, -0.15) is 0 Å². The number of fused-ring (bicyclic) bond motifs is 2. The zero-order valence-corrected chi connectivity index (χ0v) is 26.0. The first-order valence-electron chi connectivity index (χ1n) is 13.7. The predicted octanol–water partition coefficient (Wildman–Crippen LogP) is 7.82. The molecule has 1 aromatic heterocycles. The number of nitrogens with zero attached hydrogens (tertiary/aromatic N) is 2. The summed E-state index contributed by atoms with van der Waals surface area (Å²) >= 11 is 26.7. The highest BCUT2D eigenvalue weighted by Gasteiger charge is 2.42. The van der Waals surface area contributed by atoms with Crippen molar-refractivity contribution in [2.24, 2.45) is 0 Å². The molecule has 2 aliphatic heterocycles. The van der Waals surface area contributed by atoms with E-state index in [1.54, 1.807) is 35.6 Å². The molecule has 0 radical (unpaired) electrons. The molecule has 1 saturated heterocycles. The van der Waals surface area contributed by atoms with Gasteiger partial charge in [0.25, 0.3) is 5.91 Å². The van der Waals surface area contributed by atoms with E-state index in [0.717, 1.165) is 58.7 Å². The van der Waals surface area contributed by atoms with Crippen molar-refractivity contribution in [1.29, 1.82) is 0 Å². The summed E-state index contributed by atoms with van der Waals surface area (Å²) in [6, 6.07) is 11.5. The number of benzene rings is 2. The fourth-order valence-corrected chi connectivity index (χ4v) is 7.36. The lowest BCUT2D eigenvalue weighted by molar-refractivity contribution is -0.128. The second kappa shape index (κ2) is 12.8. The highest BCUT2D eigenvalue weighted by atomic mass is 35.5. The number of halogens is 4. The standard InChI is InChI=1S/C30H29Cl4N3O3S/c31-21-4-1-3-17(28(21)34)15-37(19-8-9-19)30(38)27-20(13-18-7-10-24(27)36-18)25-14-35-26(41-25)16-39-11-12-40-29-22(32)5-2-6-23(29)33/h1-6,14,18-19,24,36H,7-13,15-16H2/t18-,24+/m0/s1. The average Bonchev–Trinajstić information content (AvgIpc) is 3.57. The Labute approximate surface area is 263 Å². The summed E-state index contributed by atoms with van der Waals surface area (Å²) in [5.74, 6) is 0.538. The van der Waals surface area contributed by atoms with E-state index in [1.807, 2.05) is 23.2 Å². The van der Waals surface area contributed by atoms with E-state index in [4.69, 9.17) is 55.9 Å². The van der Waals surface area contributed by atoms with E-state index in [1.165, 1.54) is 0 Å². The van der Waals surface area contributed by atoms with Gasteiger partial charge >= 0.3 is 0 Å². The molecule has 6 nitrogen and oxygen atoms in total. The molecule has 1 N–H and O–H groups in total. The van der Waals surface area contributed by atoms with Crippen LogP contribution in [-0.4, -0.2) is 47.1 Å². The molecule has 0 spiro atoms. The molecule has 3 aliphatic rings. The molecule has 41 heavy (non-hydrogen) atoms. The van der Waals surface area contributed by atoms with Crippen molar-refractivity contribution in [3.8, 4) is 5.75 Å². The number of hydrogen-bond acceptors (Lipinski definition) is 6.